The van der Waals surface area contributed by atoms with E-state index in [1.807, 2.05) is 0 Å². The monoisotopic (exact) mass is 85.0 g/mol. The molecule has 0 aromatic rings. The third kappa shape index (κ3) is 3.53. The lowest BCUT2D eigenvalue weighted by Gasteiger charge is -1.78. The van der Waals surface area contributed by atoms with E-state index in [9.17, 15) is 4.79 Å². The number of carboxylic acid groups (broad SMARTS) is 1. The van der Waals surface area contributed by atoms with E-state index < -0.39 is 5.97 Å². The minimum Gasteiger partial charge on any atom is -0.482 e. The van der Waals surface area contributed by atoms with Gasteiger partial charge in [0.05, 0.1) is 0 Å². The quantitative estimate of drug-likeness (QED) is 0.487. The van der Waals surface area contributed by atoms with E-state index in [4.69, 9.17) is 5.11 Å². The van der Waals surface area contributed by atoms with Crippen LogP contribution in [0.1, 0.15) is 0 Å². The van der Waals surface area contributed by atoms with Crippen molar-refractivity contribution in [2.75, 3.05) is 0 Å². The second-order valence-electron chi connectivity index (χ2n) is 1.01. The smallest absolute Gasteiger partial charge is 0.295 e. The van der Waals surface area contributed by atoms with E-state index in [0.717, 1.165) is 0 Å². The van der Waals surface area contributed by atoms with Crippen LogP contribution in [0.5, 0.6) is 0 Å². The van der Waals surface area contributed by atoms with E-state index in [1.165, 1.54) is 0 Å². The van der Waals surface area contributed by atoms with Gasteiger partial charge in [0.15, 0.2) is 0 Å². The molecule has 2 nitrogen and oxygen atoms in total. The lowest BCUT2D eigenvalue weighted by Crippen LogP contribution is -1.95. The third-order valence-electron chi connectivity index (χ3n) is 0.379. The minimum absolute atomic E-state index is 0.167. The van der Waals surface area contributed by atoms with Crippen LogP contribution in [0.4, 0.5) is 0 Å². The van der Waals surface area contributed by atoms with Crippen molar-refractivity contribution in [3.63, 3.8) is 0 Å². The van der Waals surface area contributed by atoms with Gasteiger partial charge in [0.25, 0.3) is 5.97 Å². The summed E-state index contributed by atoms with van der Waals surface area (Å²) >= 11 is 0. The van der Waals surface area contributed by atoms with E-state index in [0.29, 0.717) is 0 Å². The first-order valence-corrected chi connectivity index (χ1v) is 1.77. The zero-order chi connectivity index (χ0) is 4.99. The molecule has 0 rings (SSSR count). The second kappa shape index (κ2) is 2.76. The van der Waals surface area contributed by atoms with Crippen LogP contribution >= 0.6 is 0 Å². The molecule has 0 saturated carbocycles. The molecule has 1 radical (unpaired) electrons. The van der Waals surface area contributed by atoms with Crippen molar-refractivity contribution in [3.8, 4) is 0 Å². The summed E-state index contributed by atoms with van der Waals surface area (Å²) < 4.78 is 0. The number of hydrogen-bond acceptors (Lipinski definition) is 1. The van der Waals surface area contributed by atoms with Crippen molar-refractivity contribution in [2.45, 2.75) is 13.1 Å². The van der Waals surface area contributed by atoms with Crippen molar-refractivity contribution in [2.24, 2.45) is 0 Å². The van der Waals surface area contributed by atoms with E-state index >= 15 is 0 Å². The lowest BCUT2D eigenvalue weighted by atomic mass is 9.78. The predicted molar refractivity (Wildman–Crippen MR) is 24.1 cm³/mol. The molecular weight excluding hydrogens is 78.8 g/mol. The summed E-state index contributed by atoms with van der Waals surface area (Å²) in [6.45, 7) is 1.72. The van der Waals surface area contributed by atoms with Crippen LogP contribution in [-0.2, 0) is 4.79 Å². The van der Waals surface area contributed by atoms with Crippen LogP contribution in [0.3, 0.4) is 0 Å². The number of hydrogen-bond donors (Lipinski definition) is 1. The number of rotatable bonds is 2. The molecular formula is C3H6BO2. The van der Waals surface area contributed by atoms with Gasteiger partial charge >= 0.3 is 0 Å². The number of carbonyl (C=O) groups is 1. The van der Waals surface area contributed by atoms with Crippen LogP contribution in [-0.4, -0.2) is 18.4 Å². The summed E-state index contributed by atoms with van der Waals surface area (Å²) in [4.78, 5) is 9.57. The van der Waals surface area contributed by atoms with Crippen LogP contribution in [0.15, 0.2) is 0 Å². The highest BCUT2D eigenvalue weighted by molar-refractivity contribution is 6.38. The van der Waals surface area contributed by atoms with Gasteiger partial charge in [-0.3, -0.25) is 4.79 Å². The average molecular weight is 84.9 g/mol. The fraction of sp³-hybridized carbons (Fsp3) is 0.667. The van der Waals surface area contributed by atoms with Crippen LogP contribution in [0.25, 0.3) is 0 Å². The molecule has 0 aliphatic rings. The Morgan fingerprint density at radius 3 is 2.50 bits per heavy atom. The zero-order valence-corrected chi connectivity index (χ0v) is 3.64. The maximum absolute atomic E-state index is 9.57. The van der Waals surface area contributed by atoms with Crippen LogP contribution in [0.2, 0.25) is 13.1 Å². The van der Waals surface area contributed by atoms with Crippen LogP contribution in [0, 0.1) is 0 Å². The molecule has 33 valence electrons. The maximum Gasteiger partial charge on any atom is 0.295 e. The average Bonchev–Trinajstić information content (AvgIpc) is 1.35. The van der Waals surface area contributed by atoms with Gasteiger partial charge in [-0.25, -0.2) is 0 Å². The highest BCUT2D eigenvalue weighted by Crippen LogP contribution is 1.72. The molecule has 0 bridgehead atoms. The summed E-state index contributed by atoms with van der Waals surface area (Å²) in [5.41, 5.74) is 0. The van der Waals surface area contributed by atoms with Gasteiger partial charge in [-0.2, -0.15) is 0 Å². The first-order valence-electron chi connectivity index (χ1n) is 1.77. The Bertz CT molecular complexity index is 52.8. The molecule has 0 amide bonds. The Kier molecular flexibility index (Phi) is 2.54. The van der Waals surface area contributed by atoms with Crippen molar-refractivity contribution < 1.29 is 9.90 Å². The first kappa shape index (κ1) is 5.53. The molecule has 1 N–H and O–H groups in total. The topological polar surface area (TPSA) is 37.3 Å². The molecule has 6 heavy (non-hydrogen) atoms. The van der Waals surface area contributed by atoms with Gasteiger partial charge in [-0.15, -0.1) is 0 Å². The largest absolute Gasteiger partial charge is 0.482 e. The molecule has 0 aromatic carbocycles. The highest BCUT2D eigenvalue weighted by Gasteiger charge is 1.89. The third-order valence-corrected chi connectivity index (χ3v) is 0.379. The normalized spacial score (nSPS) is 7.50. The van der Waals surface area contributed by atoms with Crippen LogP contribution < -0.4 is 0 Å². The molecule has 0 unspecified atom stereocenters. The number of carboxylic acids is 1. The lowest BCUT2D eigenvalue weighted by molar-refractivity contribution is -0.134. The summed E-state index contributed by atoms with van der Waals surface area (Å²) in [6.07, 6.45) is 0.167. The highest BCUT2D eigenvalue weighted by atomic mass is 16.4. The van der Waals surface area contributed by atoms with Gasteiger partial charge in [-0.05, 0) is 0 Å². The van der Waals surface area contributed by atoms with Gasteiger partial charge < -0.3 is 5.11 Å². The Labute approximate surface area is 37.4 Å². The Balaban J connectivity index is 2.83. The van der Waals surface area contributed by atoms with Crippen molar-refractivity contribution in [1.29, 1.82) is 0 Å². The molecule has 0 spiro atoms. The van der Waals surface area contributed by atoms with Gasteiger partial charge in [-0.1, -0.05) is 6.82 Å². The summed E-state index contributed by atoms with van der Waals surface area (Å²) in [7, 11) is 1.60. The molecule has 0 saturated heterocycles. The predicted octanol–water partition coefficient (Wildman–Crippen LogP) is 0.242. The van der Waals surface area contributed by atoms with Crippen molar-refractivity contribution in [1.82, 2.24) is 0 Å². The Hall–Kier alpha value is -0.465. The Morgan fingerprint density at radius 2 is 2.50 bits per heavy atom. The molecule has 0 aliphatic carbocycles. The molecule has 0 heterocycles. The first-order chi connectivity index (χ1) is 2.77. The Morgan fingerprint density at radius 1 is 2.00 bits per heavy atom. The zero-order valence-electron chi connectivity index (χ0n) is 3.64. The van der Waals surface area contributed by atoms with Gasteiger partial charge in [0.2, 0.25) is 0 Å². The van der Waals surface area contributed by atoms with E-state index in [2.05, 4.69) is 0 Å². The summed E-state index contributed by atoms with van der Waals surface area (Å²) in [5, 5.41) is 7.88. The molecule has 0 fully saturated rings. The van der Waals surface area contributed by atoms with Gasteiger partial charge in [0, 0.05) is 6.32 Å². The molecule has 0 aliphatic heterocycles. The standard InChI is InChI=1S/C3H6BO2/c1-4-2-3(5)6/h2H2,1H3,(H,5,6). The fourth-order valence-corrected chi connectivity index (χ4v) is 0.175. The second-order valence-corrected chi connectivity index (χ2v) is 1.01. The van der Waals surface area contributed by atoms with Gasteiger partial charge in [0.1, 0.15) is 7.28 Å². The van der Waals surface area contributed by atoms with E-state index in [1.54, 1.807) is 14.1 Å². The molecule has 0 atom stereocenters. The summed E-state index contributed by atoms with van der Waals surface area (Å²) in [5.74, 6) is -0.766. The van der Waals surface area contributed by atoms with Crippen molar-refractivity contribution in [3.05, 3.63) is 0 Å². The fourth-order valence-electron chi connectivity index (χ4n) is 0.175. The SMILES string of the molecule is C[B]CC(=O)O. The molecule has 3 heteroatoms. The minimum atomic E-state index is -0.766. The summed E-state index contributed by atoms with van der Waals surface area (Å²) in [6, 6.07) is 0. The van der Waals surface area contributed by atoms with Crippen molar-refractivity contribution >= 4 is 13.2 Å². The maximum atomic E-state index is 9.57. The molecule has 0 aromatic heterocycles. The number of aliphatic carboxylic acids is 1. The van der Waals surface area contributed by atoms with E-state index in [-0.39, 0.29) is 6.32 Å².